The van der Waals surface area contributed by atoms with Crippen LogP contribution in [-0.4, -0.2) is 35.6 Å². The van der Waals surface area contributed by atoms with Gasteiger partial charge >= 0.3 is 5.97 Å². The number of carbonyl (C=O) groups is 1. The molecule has 3 heteroatoms. The topological polar surface area (TPSA) is 40.5 Å². The molecule has 1 aromatic rings. The zero-order valence-electron chi connectivity index (χ0n) is 13.6. The van der Waals surface area contributed by atoms with Gasteiger partial charge < -0.3 is 10.0 Å². The number of benzene rings is 1. The average molecular weight is 291 g/mol. The third-order valence-corrected chi connectivity index (χ3v) is 3.93. The first-order chi connectivity index (χ1) is 10.1. The first kappa shape index (κ1) is 17.7. The van der Waals surface area contributed by atoms with Gasteiger partial charge in [0.2, 0.25) is 0 Å². The lowest BCUT2D eigenvalue weighted by Gasteiger charge is -2.27. The number of hydrogen-bond donors (Lipinski definition) is 1. The largest absolute Gasteiger partial charge is 0.481 e. The molecule has 21 heavy (non-hydrogen) atoms. The van der Waals surface area contributed by atoms with Crippen LogP contribution in [0.4, 0.5) is 0 Å². The molecule has 0 radical (unpaired) electrons. The fourth-order valence-electron chi connectivity index (χ4n) is 2.58. The summed E-state index contributed by atoms with van der Waals surface area (Å²) in [5.41, 5.74) is 2.58. The average Bonchev–Trinajstić information content (AvgIpc) is 2.46. The van der Waals surface area contributed by atoms with Crippen LogP contribution in [0.5, 0.6) is 0 Å². The molecule has 0 heterocycles. The highest BCUT2D eigenvalue weighted by Gasteiger charge is 2.18. The van der Waals surface area contributed by atoms with E-state index in [0.717, 1.165) is 38.6 Å². The van der Waals surface area contributed by atoms with Crippen LogP contribution >= 0.6 is 0 Å². The zero-order valence-corrected chi connectivity index (χ0v) is 13.6. The molecule has 0 aromatic heterocycles. The first-order valence-corrected chi connectivity index (χ1v) is 8.06. The molecule has 0 aliphatic carbocycles. The third-order valence-electron chi connectivity index (χ3n) is 3.93. The summed E-state index contributed by atoms with van der Waals surface area (Å²) in [5, 5.41) is 9.12. The van der Waals surface area contributed by atoms with Gasteiger partial charge in [0.1, 0.15) is 0 Å². The fraction of sp³-hybridized carbons (Fsp3) is 0.611. The van der Waals surface area contributed by atoms with Crippen LogP contribution in [0.2, 0.25) is 0 Å². The lowest BCUT2D eigenvalue weighted by atomic mass is 9.99. The van der Waals surface area contributed by atoms with Crippen molar-refractivity contribution in [3.8, 4) is 0 Å². The summed E-state index contributed by atoms with van der Waals surface area (Å²) in [6.07, 6.45) is 5.52. The van der Waals surface area contributed by atoms with E-state index >= 15 is 0 Å². The maximum Gasteiger partial charge on any atom is 0.304 e. The highest BCUT2D eigenvalue weighted by Crippen LogP contribution is 2.14. The van der Waals surface area contributed by atoms with Crippen molar-refractivity contribution in [2.24, 2.45) is 0 Å². The molecule has 1 rings (SSSR count). The number of aliphatic carboxylic acids is 1. The van der Waals surface area contributed by atoms with E-state index in [9.17, 15) is 4.79 Å². The number of aryl methyl sites for hydroxylation is 1. The van der Waals surface area contributed by atoms with Crippen LogP contribution in [0.1, 0.15) is 50.7 Å². The monoisotopic (exact) mass is 291 g/mol. The summed E-state index contributed by atoms with van der Waals surface area (Å²) in [5.74, 6) is -0.717. The van der Waals surface area contributed by atoms with E-state index in [1.54, 1.807) is 0 Å². The van der Waals surface area contributed by atoms with Gasteiger partial charge in [-0.2, -0.15) is 0 Å². The van der Waals surface area contributed by atoms with Crippen LogP contribution < -0.4 is 0 Å². The number of nitrogens with zero attached hydrogens (tertiary/aromatic N) is 1. The Kier molecular flexibility index (Phi) is 8.06. The second-order valence-corrected chi connectivity index (χ2v) is 5.86. The predicted molar refractivity (Wildman–Crippen MR) is 87.7 cm³/mol. The molecule has 0 aliphatic heterocycles. The minimum Gasteiger partial charge on any atom is -0.481 e. The Morgan fingerprint density at radius 2 is 1.76 bits per heavy atom. The number of unbranched alkanes of at least 4 members (excludes halogenated alkanes) is 1. The van der Waals surface area contributed by atoms with E-state index < -0.39 is 5.97 Å². The van der Waals surface area contributed by atoms with Gasteiger partial charge in [0.05, 0.1) is 6.42 Å². The van der Waals surface area contributed by atoms with Crippen molar-refractivity contribution in [2.45, 2.75) is 58.4 Å². The van der Waals surface area contributed by atoms with Crippen molar-refractivity contribution in [1.29, 1.82) is 0 Å². The van der Waals surface area contributed by atoms with E-state index in [2.05, 4.69) is 43.0 Å². The highest BCUT2D eigenvalue weighted by molar-refractivity contribution is 5.67. The SMILES string of the molecule is CCCCN(C)C(CC(=O)O)Cc1ccc(CCC)cc1. The molecule has 1 aromatic carbocycles. The van der Waals surface area contributed by atoms with E-state index in [4.69, 9.17) is 5.11 Å². The van der Waals surface area contributed by atoms with Gasteiger partial charge in [-0.25, -0.2) is 0 Å². The molecule has 1 atom stereocenters. The van der Waals surface area contributed by atoms with Crippen molar-refractivity contribution in [3.63, 3.8) is 0 Å². The van der Waals surface area contributed by atoms with E-state index in [0.29, 0.717) is 0 Å². The second-order valence-electron chi connectivity index (χ2n) is 5.86. The first-order valence-electron chi connectivity index (χ1n) is 8.06. The molecular formula is C18H29NO2. The molecule has 0 amide bonds. The van der Waals surface area contributed by atoms with Crippen LogP contribution in [0.25, 0.3) is 0 Å². The maximum atomic E-state index is 11.1. The highest BCUT2D eigenvalue weighted by atomic mass is 16.4. The molecule has 3 nitrogen and oxygen atoms in total. The number of hydrogen-bond acceptors (Lipinski definition) is 2. The Bertz CT molecular complexity index is 414. The normalized spacial score (nSPS) is 12.6. The smallest absolute Gasteiger partial charge is 0.304 e. The van der Waals surface area contributed by atoms with Gasteiger partial charge in [-0.3, -0.25) is 4.79 Å². The lowest BCUT2D eigenvalue weighted by molar-refractivity contribution is -0.138. The standard InChI is InChI=1S/C18H29NO2/c1-4-6-12-19(3)17(14-18(20)21)13-16-10-8-15(7-5-2)9-11-16/h8-11,17H,4-7,12-14H2,1-3H3,(H,20,21). The molecule has 0 spiro atoms. The predicted octanol–water partition coefficient (Wildman–Crippen LogP) is 3.76. The van der Waals surface area contributed by atoms with Crippen molar-refractivity contribution >= 4 is 5.97 Å². The molecule has 1 unspecified atom stereocenters. The molecule has 0 bridgehead atoms. The minimum absolute atomic E-state index is 0.0751. The molecule has 0 fully saturated rings. The van der Waals surface area contributed by atoms with Crippen LogP contribution in [-0.2, 0) is 17.6 Å². The molecule has 118 valence electrons. The molecule has 0 saturated heterocycles. The summed E-state index contributed by atoms with van der Waals surface area (Å²) in [6, 6.07) is 8.71. The van der Waals surface area contributed by atoms with Gasteiger partial charge in [-0.15, -0.1) is 0 Å². The van der Waals surface area contributed by atoms with E-state index in [1.807, 2.05) is 7.05 Å². The van der Waals surface area contributed by atoms with Crippen molar-refractivity contribution in [3.05, 3.63) is 35.4 Å². The van der Waals surface area contributed by atoms with Gasteiger partial charge in [-0.05, 0) is 44.0 Å². The van der Waals surface area contributed by atoms with E-state index in [-0.39, 0.29) is 12.5 Å². The van der Waals surface area contributed by atoms with Gasteiger partial charge in [0, 0.05) is 6.04 Å². The summed E-state index contributed by atoms with van der Waals surface area (Å²) in [4.78, 5) is 13.3. The molecule has 0 aliphatic rings. The summed E-state index contributed by atoms with van der Waals surface area (Å²) in [7, 11) is 2.04. The summed E-state index contributed by atoms with van der Waals surface area (Å²) >= 11 is 0. The summed E-state index contributed by atoms with van der Waals surface area (Å²) in [6.45, 7) is 5.30. The van der Waals surface area contributed by atoms with Crippen molar-refractivity contribution in [1.82, 2.24) is 4.90 Å². The van der Waals surface area contributed by atoms with E-state index in [1.165, 1.54) is 11.1 Å². The maximum absolute atomic E-state index is 11.1. The Balaban J connectivity index is 2.68. The molecule has 1 N–H and O–H groups in total. The second kappa shape index (κ2) is 9.56. The van der Waals surface area contributed by atoms with Gasteiger partial charge in [0.25, 0.3) is 0 Å². The quantitative estimate of drug-likeness (QED) is 0.713. The van der Waals surface area contributed by atoms with Crippen molar-refractivity contribution in [2.75, 3.05) is 13.6 Å². The Hall–Kier alpha value is -1.35. The van der Waals surface area contributed by atoms with Crippen LogP contribution in [0.3, 0.4) is 0 Å². The summed E-state index contributed by atoms with van der Waals surface area (Å²) < 4.78 is 0. The lowest BCUT2D eigenvalue weighted by Crippen LogP contribution is -2.36. The molecular weight excluding hydrogens is 262 g/mol. The number of carboxylic acid groups (broad SMARTS) is 1. The molecule has 0 saturated carbocycles. The Labute approximate surface area is 129 Å². The fourth-order valence-corrected chi connectivity index (χ4v) is 2.58. The Morgan fingerprint density at radius 1 is 1.14 bits per heavy atom. The van der Waals surface area contributed by atoms with Gasteiger partial charge in [0.15, 0.2) is 0 Å². The number of carboxylic acids is 1. The Morgan fingerprint density at radius 3 is 2.29 bits per heavy atom. The van der Waals surface area contributed by atoms with Crippen molar-refractivity contribution < 1.29 is 9.90 Å². The van der Waals surface area contributed by atoms with Crippen LogP contribution in [0.15, 0.2) is 24.3 Å². The minimum atomic E-state index is -0.717. The van der Waals surface area contributed by atoms with Crippen LogP contribution in [0, 0.1) is 0 Å². The van der Waals surface area contributed by atoms with Gasteiger partial charge in [-0.1, -0.05) is 51.0 Å². The number of likely N-dealkylation sites (N-methyl/N-ethyl adjacent to an activating group) is 1. The zero-order chi connectivity index (χ0) is 15.7. The third kappa shape index (κ3) is 6.76. The number of rotatable bonds is 10.